The molecule has 4 aromatic rings. The highest BCUT2D eigenvalue weighted by Gasteiger charge is 2.30. The molecule has 14 nitrogen and oxygen atoms in total. The van der Waals surface area contributed by atoms with Crippen molar-refractivity contribution < 1.29 is 57.0 Å². The highest BCUT2D eigenvalue weighted by Crippen LogP contribution is 2.44. The van der Waals surface area contributed by atoms with Crippen LogP contribution in [0.5, 0.6) is 23.0 Å². The van der Waals surface area contributed by atoms with Crippen molar-refractivity contribution in [2.45, 2.75) is 82.9 Å². The van der Waals surface area contributed by atoms with Crippen LogP contribution in [0.3, 0.4) is 0 Å². The number of hydrogen-bond donors (Lipinski definition) is 3. The van der Waals surface area contributed by atoms with Crippen LogP contribution in [0.1, 0.15) is 80.5 Å². The molecule has 2 amide bonds. The first kappa shape index (κ1) is 50.2. The van der Waals surface area contributed by atoms with Gasteiger partial charge in [0.25, 0.3) is 0 Å². The van der Waals surface area contributed by atoms with Crippen LogP contribution in [0.25, 0.3) is 0 Å². The monoisotopic (exact) mass is 930 g/mol. The lowest BCUT2D eigenvalue weighted by Gasteiger charge is -2.30. The summed E-state index contributed by atoms with van der Waals surface area (Å²) >= 11 is 4.21. The minimum absolute atomic E-state index is 0.109. The third-order valence-corrected chi connectivity index (χ3v) is 11.2. The summed E-state index contributed by atoms with van der Waals surface area (Å²) in [6.45, 7) is 10.4. The molecule has 2 heterocycles. The molecule has 6 rings (SSSR count). The van der Waals surface area contributed by atoms with Gasteiger partial charge in [0, 0.05) is 44.6 Å². The normalized spacial score (nSPS) is 17.0. The van der Waals surface area contributed by atoms with E-state index in [1.54, 1.807) is 0 Å². The van der Waals surface area contributed by atoms with Crippen molar-refractivity contribution in [2.24, 2.45) is 0 Å². The van der Waals surface area contributed by atoms with E-state index in [2.05, 4.69) is 78.7 Å². The van der Waals surface area contributed by atoms with E-state index in [0.717, 1.165) is 59.4 Å². The molecule has 0 spiro atoms. The maximum Gasteiger partial charge on any atom is 0.407 e. The van der Waals surface area contributed by atoms with Gasteiger partial charge in [-0.3, -0.25) is 0 Å². The second-order valence-corrected chi connectivity index (χ2v) is 16.4. The van der Waals surface area contributed by atoms with E-state index in [9.17, 15) is 9.59 Å². The van der Waals surface area contributed by atoms with Gasteiger partial charge in [0.2, 0.25) is 6.29 Å². The molecule has 0 radical (unpaired) electrons. The number of ether oxygens (including phenoxy) is 10. The number of rotatable bonds is 30. The fourth-order valence-corrected chi connectivity index (χ4v) is 7.33. The zero-order chi connectivity index (χ0) is 46.4. The zero-order valence-electron chi connectivity index (χ0n) is 38.4. The lowest BCUT2D eigenvalue weighted by atomic mass is 9.73. The Labute approximate surface area is 394 Å². The van der Waals surface area contributed by atoms with E-state index in [0.29, 0.717) is 63.4 Å². The number of nitrogens with one attached hydrogen (secondary N) is 2. The van der Waals surface area contributed by atoms with Crippen molar-refractivity contribution in [2.75, 3.05) is 78.3 Å². The number of epoxide rings is 1. The summed E-state index contributed by atoms with van der Waals surface area (Å²) in [6, 6.07) is 32.5. The third kappa shape index (κ3) is 16.6. The van der Waals surface area contributed by atoms with Gasteiger partial charge in [-0.25, -0.2) is 9.59 Å². The van der Waals surface area contributed by atoms with Crippen LogP contribution in [0, 0.1) is 0 Å². The Morgan fingerprint density at radius 1 is 0.606 bits per heavy atom. The van der Waals surface area contributed by atoms with Gasteiger partial charge < -0.3 is 58.0 Å². The molecule has 0 aromatic heterocycles. The molecule has 2 N–H and O–H groups in total. The summed E-state index contributed by atoms with van der Waals surface area (Å²) in [5.74, 6) is 3.00. The van der Waals surface area contributed by atoms with Gasteiger partial charge in [-0.05, 0) is 103 Å². The quantitative estimate of drug-likeness (QED) is 0.0261. The largest absolute Gasteiger partial charge is 0.491 e. The number of thiol groups is 1. The lowest BCUT2D eigenvalue weighted by molar-refractivity contribution is -0.165. The van der Waals surface area contributed by atoms with Gasteiger partial charge in [0.15, 0.2) is 12.2 Å². The molecule has 2 saturated heterocycles. The molecule has 2 aliphatic rings. The first-order chi connectivity index (χ1) is 32.3. The van der Waals surface area contributed by atoms with E-state index in [1.807, 2.05) is 62.4 Å². The predicted molar refractivity (Wildman–Crippen MR) is 254 cm³/mol. The van der Waals surface area contributed by atoms with E-state index in [-0.39, 0.29) is 50.7 Å². The van der Waals surface area contributed by atoms with E-state index >= 15 is 0 Å². The van der Waals surface area contributed by atoms with E-state index in [4.69, 9.17) is 47.4 Å². The summed E-state index contributed by atoms with van der Waals surface area (Å²) in [7, 11) is 0. The fourth-order valence-electron chi connectivity index (χ4n) is 7.17. The lowest BCUT2D eigenvalue weighted by Crippen LogP contribution is -2.35. The fraction of sp³-hybridized carbons (Fsp3) is 0.490. The van der Waals surface area contributed by atoms with Gasteiger partial charge in [0.1, 0.15) is 48.9 Å². The predicted octanol–water partition coefficient (Wildman–Crippen LogP) is 8.69. The molecule has 4 aromatic carbocycles. The summed E-state index contributed by atoms with van der Waals surface area (Å²) in [5.41, 5.74) is 4.20. The Balaban J connectivity index is 1.27. The average molecular weight is 931 g/mol. The summed E-state index contributed by atoms with van der Waals surface area (Å²) in [6.07, 6.45) is 1.08. The smallest absolute Gasteiger partial charge is 0.407 e. The number of carbonyl (C=O) groups is 2. The van der Waals surface area contributed by atoms with Gasteiger partial charge >= 0.3 is 12.2 Å². The molecule has 2 fully saturated rings. The van der Waals surface area contributed by atoms with Crippen molar-refractivity contribution in [3.8, 4) is 23.0 Å². The van der Waals surface area contributed by atoms with Gasteiger partial charge in [-0.2, -0.15) is 12.6 Å². The Bertz CT molecular complexity index is 2000. The minimum Gasteiger partial charge on any atom is -0.491 e. The molecule has 6 atom stereocenters. The molecule has 66 heavy (non-hydrogen) atoms. The molecule has 15 heteroatoms. The average Bonchev–Trinajstić information content (AvgIpc) is 4.16. The van der Waals surface area contributed by atoms with E-state index in [1.165, 1.54) is 0 Å². The second-order valence-electron chi connectivity index (χ2n) is 16.0. The van der Waals surface area contributed by atoms with Crippen molar-refractivity contribution in [3.05, 3.63) is 119 Å². The number of amides is 2. The number of benzene rings is 4. The number of hydrogen-bond acceptors (Lipinski definition) is 13. The topological polar surface area (TPSA) is 154 Å². The van der Waals surface area contributed by atoms with Gasteiger partial charge in [0.05, 0.1) is 26.4 Å². The molecule has 0 aliphatic carbocycles. The molecule has 6 unspecified atom stereocenters. The van der Waals surface area contributed by atoms with Crippen LogP contribution < -0.4 is 29.6 Å². The van der Waals surface area contributed by atoms with Crippen LogP contribution in [-0.4, -0.2) is 115 Å². The molecule has 0 saturated carbocycles. The second kappa shape index (κ2) is 27.4. The maximum atomic E-state index is 12.5. The molecular formula is C51H66N2O12S. The first-order valence-corrected chi connectivity index (χ1v) is 23.8. The Morgan fingerprint density at radius 2 is 1.03 bits per heavy atom. The number of carbonyl (C=O) groups excluding carboxylic acids is 2. The Kier molecular flexibility index (Phi) is 20.9. The van der Waals surface area contributed by atoms with Crippen molar-refractivity contribution in [3.63, 3.8) is 0 Å². The summed E-state index contributed by atoms with van der Waals surface area (Å²) in [5, 5.41) is 5.55. The van der Waals surface area contributed by atoms with E-state index < -0.39 is 24.4 Å². The standard InChI is InChI=1S/C51H66N2O12S/c1-4-7-26-52-50(54)64-45(30-56-5-2)34-60-41-19-11-37(12-20-41)48(36-9-17-40(18-10-36)59-32-44-33-62-44)49(39-15-23-43(24-16-39)63-47-25-28-58-47)38-13-21-42(22-14-38)61-35-46(31-57-6-3)65-51(55)53-27-8-29-66/h9-24,44-49,66H,4-8,25-35H2,1-3H3,(H,52,54)(H,53,55). The number of alkyl carbamates (subject to hydrolysis) is 2. The summed E-state index contributed by atoms with van der Waals surface area (Å²) < 4.78 is 58.0. The molecule has 2 aliphatic heterocycles. The van der Waals surface area contributed by atoms with Crippen LogP contribution in [0.4, 0.5) is 9.59 Å². The van der Waals surface area contributed by atoms with Gasteiger partial charge in [-0.1, -0.05) is 61.9 Å². The van der Waals surface area contributed by atoms with Crippen LogP contribution >= 0.6 is 12.6 Å². The molecule has 358 valence electrons. The van der Waals surface area contributed by atoms with Crippen molar-refractivity contribution in [1.82, 2.24) is 10.6 Å². The van der Waals surface area contributed by atoms with Crippen LogP contribution in [-0.2, 0) is 28.4 Å². The highest BCUT2D eigenvalue weighted by molar-refractivity contribution is 7.80. The SMILES string of the molecule is CCCCNC(=O)OC(COCC)COc1ccc(C(c2ccc(OCC3CO3)cc2)C(c2ccc(OCC(COCC)OC(=O)NCCCS)cc2)c2ccc(OC3CCO3)cc2)cc1. The zero-order valence-corrected chi connectivity index (χ0v) is 39.3. The minimum atomic E-state index is -0.613. The first-order valence-electron chi connectivity index (χ1n) is 23.2. The van der Waals surface area contributed by atoms with Crippen molar-refractivity contribution in [1.29, 1.82) is 0 Å². The Hall–Kier alpha value is -5.19. The molecular weight excluding hydrogens is 865 g/mol. The third-order valence-electron chi connectivity index (χ3n) is 10.9. The number of unbranched alkanes of at least 4 members (excludes halogenated alkanes) is 1. The van der Waals surface area contributed by atoms with Crippen LogP contribution in [0.2, 0.25) is 0 Å². The van der Waals surface area contributed by atoms with Crippen molar-refractivity contribution >= 4 is 24.8 Å². The van der Waals surface area contributed by atoms with Gasteiger partial charge in [-0.15, -0.1) is 0 Å². The Morgan fingerprint density at radius 3 is 1.41 bits per heavy atom. The molecule has 0 bridgehead atoms. The van der Waals surface area contributed by atoms with Crippen LogP contribution in [0.15, 0.2) is 97.1 Å². The summed E-state index contributed by atoms with van der Waals surface area (Å²) in [4.78, 5) is 25.0. The maximum absolute atomic E-state index is 12.5. The highest BCUT2D eigenvalue weighted by atomic mass is 32.1.